The van der Waals surface area contributed by atoms with Crippen LogP contribution < -0.4 is 5.32 Å². The van der Waals surface area contributed by atoms with E-state index in [4.69, 9.17) is 5.11 Å². The Morgan fingerprint density at radius 2 is 2.18 bits per heavy atom. The van der Waals surface area contributed by atoms with Crippen LogP contribution in [0, 0.1) is 0 Å². The van der Waals surface area contributed by atoms with Crippen LogP contribution in [0.2, 0.25) is 0 Å². The van der Waals surface area contributed by atoms with E-state index in [9.17, 15) is 9.59 Å². The van der Waals surface area contributed by atoms with Crippen LogP contribution in [0.25, 0.3) is 0 Å². The minimum absolute atomic E-state index is 0.344. The largest absolute Gasteiger partial charge is 0.480 e. The minimum Gasteiger partial charge on any atom is -0.480 e. The number of aromatic nitrogens is 2. The Bertz CT molecular complexity index is 405. The van der Waals surface area contributed by atoms with Crippen LogP contribution in [0.15, 0.2) is 0 Å². The van der Waals surface area contributed by atoms with Gasteiger partial charge in [-0.15, -0.1) is 5.10 Å². The van der Waals surface area contributed by atoms with Gasteiger partial charge in [-0.05, 0) is 24.4 Å². The molecule has 1 amide bonds. The van der Waals surface area contributed by atoms with Gasteiger partial charge in [0.25, 0.3) is 5.91 Å². The number of aryl methyl sites for hydroxylation is 1. The molecule has 1 aromatic rings. The van der Waals surface area contributed by atoms with Crippen molar-refractivity contribution in [3.63, 3.8) is 0 Å². The predicted octanol–water partition coefficient (Wildman–Crippen LogP) is 1.08. The summed E-state index contributed by atoms with van der Waals surface area (Å²) in [6.07, 6.45) is 1.88. The van der Waals surface area contributed by atoms with E-state index >= 15 is 0 Å². The fourth-order valence-corrected chi connectivity index (χ4v) is 1.95. The average molecular weight is 257 g/mol. The van der Waals surface area contributed by atoms with E-state index < -0.39 is 17.9 Å². The van der Waals surface area contributed by atoms with Crippen LogP contribution in [0.3, 0.4) is 0 Å². The zero-order valence-corrected chi connectivity index (χ0v) is 10.6. The molecule has 2 N–H and O–H groups in total. The van der Waals surface area contributed by atoms with E-state index in [1.165, 1.54) is 0 Å². The van der Waals surface area contributed by atoms with Gasteiger partial charge in [0, 0.05) is 0 Å². The molecule has 17 heavy (non-hydrogen) atoms. The standard InChI is InChI=1S/C10H15N3O3S/c1-3-5-7-8(17-13-12-7)9(14)11-6(4-2)10(15)16/h6H,3-5H2,1-2H3,(H,11,14)(H,15,16). The lowest BCUT2D eigenvalue weighted by Gasteiger charge is -2.11. The van der Waals surface area contributed by atoms with Crippen molar-refractivity contribution in [2.75, 3.05) is 0 Å². The van der Waals surface area contributed by atoms with Gasteiger partial charge in [0.2, 0.25) is 0 Å². The lowest BCUT2D eigenvalue weighted by molar-refractivity contribution is -0.139. The van der Waals surface area contributed by atoms with Crippen molar-refractivity contribution in [3.05, 3.63) is 10.6 Å². The van der Waals surface area contributed by atoms with Crippen LogP contribution >= 0.6 is 11.5 Å². The van der Waals surface area contributed by atoms with E-state index in [2.05, 4.69) is 14.9 Å². The number of nitrogens with zero attached hydrogens (tertiary/aromatic N) is 2. The Kier molecular flexibility index (Phi) is 5.02. The quantitative estimate of drug-likeness (QED) is 0.795. The summed E-state index contributed by atoms with van der Waals surface area (Å²) in [6, 6.07) is -0.862. The Morgan fingerprint density at radius 3 is 2.71 bits per heavy atom. The second kappa shape index (κ2) is 6.29. The van der Waals surface area contributed by atoms with Crippen molar-refractivity contribution in [2.45, 2.75) is 39.2 Å². The number of carboxylic acid groups (broad SMARTS) is 1. The van der Waals surface area contributed by atoms with Gasteiger partial charge in [-0.3, -0.25) is 4.79 Å². The normalized spacial score (nSPS) is 12.1. The number of rotatable bonds is 6. The van der Waals surface area contributed by atoms with Crippen molar-refractivity contribution in [2.24, 2.45) is 0 Å². The molecule has 0 aliphatic rings. The lowest BCUT2D eigenvalue weighted by Crippen LogP contribution is -2.40. The number of carbonyl (C=O) groups is 2. The highest BCUT2D eigenvalue weighted by atomic mass is 32.1. The number of amides is 1. The summed E-state index contributed by atoms with van der Waals surface area (Å²) >= 11 is 0.996. The van der Waals surface area contributed by atoms with Gasteiger partial charge in [-0.2, -0.15) is 0 Å². The fraction of sp³-hybridized carbons (Fsp3) is 0.600. The summed E-state index contributed by atoms with van der Waals surface area (Å²) in [5.41, 5.74) is 0.634. The molecule has 0 fully saturated rings. The van der Waals surface area contributed by atoms with Gasteiger partial charge >= 0.3 is 5.97 Å². The Labute approximate surface area is 103 Å². The van der Waals surface area contributed by atoms with Gasteiger partial charge < -0.3 is 10.4 Å². The molecular weight excluding hydrogens is 242 g/mol. The highest BCUT2D eigenvalue weighted by molar-refractivity contribution is 7.08. The van der Waals surface area contributed by atoms with Crippen LogP contribution in [0.4, 0.5) is 0 Å². The molecule has 1 heterocycles. The monoisotopic (exact) mass is 257 g/mol. The summed E-state index contributed by atoms with van der Waals surface area (Å²) < 4.78 is 3.72. The zero-order valence-electron chi connectivity index (χ0n) is 9.77. The molecule has 0 bridgehead atoms. The summed E-state index contributed by atoms with van der Waals surface area (Å²) in [5.74, 6) is -1.44. The first-order chi connectivity index (χ1) is 8.10. The number of aliphatic carboxylic acids is 1. The minimum atomic E-state index is -1.03. The van der Waals surface area contributed by atoms with Crippen molar-refractivity contribution in [1.82, 2.24) is 14.9 Å². The van der Waals surface area contributed by atoms with Gasteiger partial charge in [0.05, 0.1) is 5.69 Å². The molecule has 1 unspecified atom stereocenters. The third kappa shape index (κ3) is 3.48. The maximum Gasteiger partial charge on any atom is 0.326 e. The van der Waals surface area contributed by atoms with E-state index in [1.54, 1.807) is 6.92 Å². The predicted molar refractivity (Wildman–Crippen MR) is 63.1 cm³/mol. The highest BCUT2D eigenvalue weighted by Gasteiger charge is 2.22. The average Bonchev–Trinajstić information content (AvgIpc) is 2.74. The van der Waals surface area contributed by atoms with Crippen molar-refractivity contribution < 1.29 is 14.7 Å². The molecule has 0 radical (unpaired) electrons. The lowest BCUT2D eigenvalue weighted by atomic mass is 10.2. The molecule has 0 saturated carbocycles. The molecule has 94 valence electrons. The van der Waals surface area contributed by atoms with Gasteiger partial charge in [0.1, 0.15) is 10.9 Å². The molecule has 0 saturated heterocycles. The fourth-order valence-electron chi connectivity index (χ4n) is 1.34. The number of hydrogen-bond acceptors (Lipinski definition) is 5. The molecule has 0 aliphatic heterocycles. The van der Waals surface area contributed by atoms with Gasteiger partial charge in [-0.1, -0.05) is 24.8 Å². The van der Waals surface area contributed by atoms with Crippen LogP contribution in [-0.2, 0) is 11.2 Å². The van der Waals surface area contributed by atoms with Crippen LogP contribution in [0.1, 0.15) is 42.1 Å². The number of nitrogens with one attached hydrogen (secondary N) is 1. The first-order valence-corrected chi connectivity index (χ1v) is 6.22. The number of carboxylic acids is 1. The number of hydrogen-bond donors (Lipinski definition) is 2. The molecule has 1 rings (SSSR count). The summed E-state index contributed by atoms with van der Waals surface area (Å²) in [6.45, 7) is 3.68. The molecular formula is C10H15N3O3S. The highest BCUT2D eigenvalue weighted by Crippen LogP contribution is 2.12. The zero-order chi connectivity index (χ0) is 12.8. The maximum atomic E-state index is 11.8. The molecule has 0 aliphatic carbocycles. The summed E-state index contributed by atoms with van der Waals surface area (Å²) in [7, 11) is 0. The summed E-state index contributed by atoms with van der Waals surface area (Å²) in [4.78, 5) is 23.0. The van der Waals surface area contributed by atoms with Crippen LogP contribution in [0.5, 0.6) is 0 Å². The second-order valence-electron chi connectivity index (χ2n) is 3.57. The Hall–Kier alpha value is -1.50. The van der Waals surface area contributed by atoms with Crippen molar-refractivity contribution in [3.8, 4) is 0 Å². The van der Waals surface area contributed by atoms with E-state index in [0.29, 0.717) is 23.4 Å². The van der Waals surface area contributed by atoms with Crippen LogP contribution in [-0.4, -0.2) is 32.6 Å². The maximum absolute atomic E-state index is 11.8. The smallest absolute Gasteiger partial charge is 0.326 e. The van der Waals surface area contributed by atoms with E-state index in [1.807, 2.05) is 6.92 Å². The molecule has 7 heteroatoms. The van der Waals surface area contributed by atoms with Gasteiger partial charge in [-0.25, -0.2) is 4.79 Å². The third-order valence-electron chi connectivity index (χ3n) is 2.26. The third-order valence-corrected chi connectivity index (χ3v) is 3.03. The first kappa shape index (κ1) is 13.6. The Balaban J connectivity index is 2.75. The summed E-state index contributed by atoms with van der Waals surface area (Å²) in [5, 5.41) is 15.2. The second-order valence-corrected chi connectivity index (χ2v) is 4.33. The molecule has 1 atom stereocenters. The van der Waals surface area contributed by atoms with E-state index in [0.717, 1.165) is 18.0 Å². The molecule has 1 aromatic heterocycles. The SMILES string of the molecule is CCCc1nnsc1C(=O)NC(CC)C(=O)O. The molecule has 6 nitrogen and oxygen atoms in total. The topological polar surface area (TPSA) is 92.2 Å². The molecule has 0 aromatic carbocycles. The van der Waals surface area contributed by atoms with Gasteiger partial charge in [0.15, 0.2) is 0 Å². The number of carbonyl (C=O) groups excluding carboxylic acids is 1. The van der Waals surface area contributed by atoms with Crippen molar-refractivity contribution >= 4 is 23.4 Å². The first-order valence-electron chi connectivity index (χ1n) is 5.45. The van der Waals surface area contributed by atoms with E-state index in [-0.39, 0.29) is 0 Å². The molecule has 0 spiro atoms. The Morgan fingerprint density at radius 1 is 1.47 bits per heavy atom. The van der Waals surface area contributed by atoms with Crippen molar-refractivity contribution in [1.29, 1.82) is 0 Å².